The molecule has 1 aliphatic rings. The van der Waals surface area contributed by atoms with Crippen molar-refractivity contribution < 1.29 is 27.8 Å². The van der Waals surface area contributed by atoms with Gasteiger partial charge >= 0.3 is 0 Å². The number of amides is 2. The summed E-state index contributed by atoms with van der Waals surface area (Å²) in [6, 6.07) is 13.3. The zero-order valence-electron chi connectivity index (χ0n) is 19.0. The highest BCUT2D eigenvalue weighted by Gasteiger charge is 2.41. The number of anilines is 2. The molecule has 34 heavy (non-hydrogen) atoms. The summed E-state index contributed by atoms with van der Waals surface area (Å²) in [5, 5.41) is 3.03. The first-order valence-corrected chi connectivity index (χ1v) is 10.4. The van der Waals surface area contributed by atoms with Crippen LogP contribution in [0.25, 0.3) is 5.57 Å². The summed E-state index contributed by atoms with van der Waals surface area (Å²) in [5.74, 6) is -2.64. The SMILES string of the molecule is COc1cc(NC2=C(c3ccc(C)cc3C)C(=O)N(c3ccc(F)c(F)c3)C2=O)cc(OC)c1. The number of methoxy groups -OCH3 is 2. The molecule has 8 heteroatoms. The molecule has 1 N–H and O–H groups in total. The van der Waals surface area contributed by atoms with Gasteiger partial charge in [0.1, 0.15) is 17.2 Å². The van der Waals surface area contributed by atoms with Gasteiger partial charge in [0, 0.05) is 30.0 Å². The molecule has 1 heterocycles. The number of nitrogens with one attached hydrogen (secondary N) is 1. The van der Waals surface area contributed by atoms with E-state index in [4.69, 9.17) is 9.47 Å². The first kappa shape index (κ1) is 23.0. The fourth-order valence-electron chi connectivity index (χ4n) is 3.87. The molecule has 0 radical (unpaired) electrons. The molecule has 174 valence electrons. The van der Waals surface area contributed by atoms with Crippen molar-refractivity contribution >= 4 is 28.8 Å². The second-order valence-electron chi connectivity index (χ2n) is 7.84. The summed E-state index contributed by atoms with van der Waals surface area (Å²) < 4.78 is 38.0. The molecule has 3 aromatic rings. The molecule has 0 saturated heterocycles. The molecule has 0 aromatic heterocycles. The lowest BCUT2D eigenvalue weighted by molar-refractivity contribution is -0.120. The van der Waals surface area contributed by atoms with Crippen LogP contribution in [0.1, 0.15) is 16.7 Å². The molecule has 0 fully saturated rings. The van der Waals surface area contributed by atoms with Gasteiger partial charge in [-0.05, 0) is 37.1 Å². The van der Waals surface area contributed by atoms with Gasteiger partial charge in [-0.1, -0.05) is 23.8 Å². The Morgan fingerprint density at radius 2 is 1.47 bits per heavy atom. The molecule has 1 aliphatic heterocycles. The minimum Gasteiger partial charge on any atom is -0.497 e. The number of benzene rings is 3. The van der Waals surface area contributed by atoms with E-state index in [9.17, 15) is 18.4 Å². The molecular formula is C26H22F2N2O4. The highest BCUT2D eigenvalue weighted by Crippen LogP contribution is 2.36. The van der Waals surface area contributed by atoms with Gasteiger partial charge < -0.3 is 14.8 Å². The molecule has 3 aromatic carbocycles. The smallest absolute Gasteiger partial charge is 0.282 e. The van der Waals surface area contributed by atoms with E-state index in [1.807, 2.05) is 26.0 Å². The van der Waals surface area contributed by atoms with Crippen molar-refractivity contribution in [2.45, 2.75) is 13.8 Å². The minimum absolute atomic E-state index is 0.00278. The molecule has 0 saturated carbocycles. The van der Waals surface area contributed by atoms with E-state index in [0.717, 1.165) is 28.2 Å². The average molecular weight is 464 g/mol. The Hall–Kier alpha value is -4.20. The first-order chi connectivity index (χ1) is 16.2. The van der Waals surface area contributed by atoms with E-state index < -0.39 is 23.4 Å². The van der Waals surface area contributed by atoms with Gasteiger partial charge in [-0.25, -0.2) is 13.7 Å². The zero-order chi connectivity index (χ0) is 24.6. The van der Waals surface area contributed by atoms with E-state index in [1.165, 1.54) is 20.3 Å². The maximum absolute atomic E-state index is 13.9. The molecule has 0 atom stereocenters. The van der Waals surface area contributed by atoms with Crippen LogP contribution in [0.5, 0.6) is 11.5 Å². The van der Waals surface area contributed by atoms with Crippen molar-refractivity contribution in [2.75, 3.05) is 24.4 Å². The van der Waals surface area contributed by atoms with Crippen molar-refractivity contribution in [1.29, 1.82) is 0 Å². The lowest BCUT2D eigenvalue weighted by Gasteiger charge is -2.16. The van der Waals surface area contributed by atoms with E-state index in [2.05, 4.69) is 5.32 Å². The quantitative estimate of drug-likeness (QED) is 0.521. The maximum atomic E-state index is 13.9. The van der Waals surface area contributed by atoms with Crippen LogP contribution in [0, 0.1) is 25.5 Å². The molecule has 0 aliphatic carbocycles. The number of carbonyl (C=O) groups is 2. The monoisotopic (exact) mass is 464 g/mol. The second kappa shape index (κ2) is 8.97. The summed E-state index contributed by atoms with van der Waals surface area (Å²) in [5.41, 5.74) is 2.81. The average Bonchev–Trinajstić information content (AvgIpc) is 3.04. The molecule has 0 unspecified atom stereocenters. The normalized spacial score (nSPS) is 13.5. The van der Waals surface area contributed by atoms with Gasteiger partial charge in [0.05, 0.1) is 25.5 Å². The van der Waals surface area contributed by atoms with E-state index in [1.54, 1.807) is 24.3 Å². The number of aryl methyl sites for hydroxylation is 2. The van der Waals surface area contributed by atoms with Crippen LogP contribution in [0.2, 0.25) is 0 Å². The number of hydrogen-bond acceptors (Lipinski definition) is 5. The van der Waals surface area contributed by atoms with Crippen LogP contribution in [0.15, 0.2) is 60.3 Å². The van der Waals surface area contributed by atoms with Gasteiger partial charge in [0.25, 0.3) is 11.8 Å². The standard InChI is InChI=1S/C26H22F2N2O4/c1-14-5-7-20(15(2)9-14)23-24(29-16-10-18(33-3)13-19(11-16)34-4)26(32)30(25(23)31)17-6-8-21(27)22(28)12-17/h5-13,29H,1-4H3. The predicted octanol–water partition coefficient (Wildman–Crippen LogP) is 5.00. The molecule has 6 nitrogen and oxygen atoms in total. The van der Waals surface area contributed by atoms with Gasteiger partial charge in [0.2, 0.25) is 0 Å². The van der Waals surface area contributed by atoms with Crippen molar-refractivity contribution in [3.05, 3.63) is 88.6 Å². The summed E-state index contributed by atoms with van der Waals surface area (Å²) >= 11 is 0. The van der Waals surface area contributed by atoms with Crippen LogP contribution in [0.3, 0.4) is 0 Å². The Morgan fingerprint density at radius 3 is 2.06 bits per heavy atom. The maximum Gasteiger partial charge on any atom is 0.282 e. The van der Waals surface area contributed by atoms with Crippen LogP contribution < -0.4 is 19.7 Å². The number of imide groups is 1. The Bertz CT molecular complexity index is 1330. The molecule has 0 spiro atoms. The van der Waals surface area contributed by atoms with Gasteiger partial charge in [-0.15, -0.1) is 0 Å². The lowest BCUT2D eigenvalue weighted by Crippen LogP contribution is -2.32. The van der Waals surface area contributed by atoms with E-state index in [-0.39, 0.29) is 17.0 Å². The number of hydrogen-bond donors (Lipinski definition) is 1. The summed E-state index contributed by atoms with van der Waals surface area (Å²) in [6.45, 7) is 3.75. The fraction of sp³-hybridized carbons (Fsp3) is 0.154. The number of nitrogens with zero attached hydrogens (tertiary/aromatic N) is 1. The van der Waals surface area contributed by atoms with Crippen LogP contribution in [-0.4, -0.2) is 26.0 Å². The van der Waals surface area contributed by atoms with E-state index in [0.29, 0.717) is 22.7 Å². The molecule has 2 amide bonds. The summed E-state index contributed by atoms with van der Waals surface area (Å²) in [7, 11) is 2.99. The third kappa shape index (κ3) is 4.10. The van der Waals surface area contributed by atoms with Gasteiger partial charge in [-0.2, -0.15) is 0 Å². The third-order valence-corrected chi connectivity index (χ3v) is 5.52. The molecular weight excluding hydrogens is 442 g/mol. The number of ether oxygens (including phenoxy) is 2. The Balaban J connectivity index is 1.87. The first-order valence-electron chi connectivity index (χ1n) is 10.4. The number of carbonyl (C=O) groups excluding carboxylic acids is 2. The zero-order valence-corrected chi connectivity index (χ0v) is 19.0. The number of rotatable bonds is 6. The fourth-order valence-corrected chi connectivity index (χ4v) is 3.87. The van der Waals surface area contributed by atoms with Crippen molar-refractivity contribution in [2.24, 2.45) is 0 Å². The second-order valence-corrected chi connectivity index (χ2v) is 7.84. The van der Waals surface area contributed by atoms with Gasteiger partial charge in [-0.3, -0.25) is 9.59 Å². The van der Waals surface area contributed by atoms with Crippen molar-refractivity contribution in [1.82, 2.24) is 0 Å². The minimum atomic E-state index is -1.16. The van der Waals surface area contributed by atoms with Crippen LogP contribution >= 0.6 is 0 Å². The Labute approximate surface area is 195 Å². The van der Waals surface area contributed by atoms with Gasteiger partial charge in [0.15, 0.2) is 11.6 Å². The topological polar surface area (TPSA) is 67.9 Å². The van der Waals surface area contributed by atoms with Crippen LogP contribution in [-0.2, 0) is 9.59 Å². The summed E-state index contributed by atoms with van der Waals surface area (Å²) in [6.07, 6.45) is 0. The third-order valence-electron chi connectivity index (χ3n) is 5.52. The largest absolute Gasteiger partial charge is 0.497 e. The van der Waals surface area contributed by atoms with Crippen molar-refractivity contribution in [3.8, 4) is 11.5 Å². The number of halogens is 2. The highest BCUT2D eigenvalue weighted by molar-refractivity contribution is 6.46. The van der Waals surface area contributed by atoms with E-state index >= 15 is 0 Å². The molecule has 4 rings (SSSR count). The Kier molecular flexibility index (Phi) is 6.06. The van der Waals surface area contributed by atoms with Crippen LogP contribution in [0.4, 0.5) is 20.2 Å². The van der Waals surface area contributed by atoms with Crippen molar-refractivity contribution in [3.63, 3.8) is 0 Å². The molecule has 0 bridgehead atoms. The Morgan fingerprint density at radius 1 is 0.794 bits per heavy atom. The summed E-state index contributed by atoms with van der Waals surface area (Å²) in [4.78, 5) is 27.9. The highest BCUT2D eigenvalue weighted by atomic mass is 19.2. The predicted molar refractivity (Wildman–Crippen MR) is 125 cm³/mol. The lowest BCUT2D eigenvalue weighted by atomic mass is 9.97.